The van der Waals surface area contributed by atoms with E-state index in [-0.39, 0.29) is 0 Å². The summed E-state index contributed by atoms with van der Waals surface area (Å²) in [6, 6.07) is 10.4. The summed E-state index contributed by atoms with van der Waals surface area (Å²) >= 11 is 1.72. The van der Waals surface area contributed by atoms with Gasteiger partial charge in [-0.3, -0.25) is 0 Å². The summed E-state index contributed by atoms with van der Waals surface area (Å²) in [6.07, 6.45) is 0. The predicted molar refractivity (Wildman–Crippen MR) is 66.9 cm³/mol. The van der Waals surface area contributed by atoms with Crippen LogP contribution in [0.4, 0.5) is 5.13 Å². The lowest BCUT2D eigenvalue weighted by Crippen LogP contribution is -2.38. The van der Waals surface area contributed by atoms with Crippen LogP contribution in [0, 0.1) is 6.92 Å². The molecule has 0 spiro atoms. The van der Waals surface area contributed by atoms with Crippen LogP contribution in [0.5, 0.6) is 0 Å². The van der Waals surface area contributed by atoms with E-state index in [1.54, 1.807) is 11.3 Å². The minimum Gasteiger partial charge on any atom is -0.349 e. The van der Waals surface area contributed by atoms with Crippen molar-refractivity contribution in [2.75, 3.05) is 19.0 Å². The third-order valence-corrected chi connectivity index (χ3v) is 3.50. The third kappa shape index (κ3) is 2.39. The fourth-order valence-corrected chi connectivity index (χ4v) is 2.26. The van der Waals surface area contributed by atoms with Crippen molar-refractivity contribution >= 4 is 16.5 Å². The maximum absolute atomic E-state index is 4.57. The maximum atomic E-state index is 4.57. The molecule has 0 amide bonds. The van der Waals surface area contributed by atoms with Gasteiger partial charge in [-0.2, -0.15) is 0 Å². The van der Waals surface area contributed by atoms with Gasteiger partial charge < -0.3 is 4.90 Å². The molecule has 16 heavy (non-hydrogen) atoms. The SMILES string of the molecule is Cc1sc(N(C)C)n[n+]1Cc1ccccc1. The number of aryl methyl sites for hydroxylation is 1. The number of benzene rings is 1. The molecule has 0 aliphatic heterocycles. The molecule has 0 aliphatic rings. The van der Waals surface area contributed by atoms with Gasteiger partial charge in [-0.25, -0.2) is 0 Å². The highest BCUT2D eigenvalue weighted by Gasteiger charge is 2.17. The first-order valence-electron chi connectivity index (χ1n) is 5.25. The number of rotatable bonds is 3. The summed E-state index contributed by atoms with van der Waals surface area (Å²) in [5, 5.41) is 6.84. The molecular formula is C12H16N3S+. The number of aromatic nitrogens is 2. The Morgan fingerprint density at radius 3 is 2.50 bits per heavy atom. The topological polar surface area (TPSA) is 20.0 Å². The lowest BCUT2D eigenvalue weighted by Gasteiger charge is -2.01. The normalized spacial score (nSPS) is 10.4. The van der Waals surface area contributed by atoms with Crippen molar-refractivity contribution in [3.8, 4) is 0 Å². The van der Waals surface area contributed by atoms with Crippen LogP contribution in [-0.2, 0) is 6.54 Å². The Morgan fingerprint density at radius 2 is 1.94 bits per heavy atom. The van der Waals surface area contributed by atoms with Gasteiger partial charge in [-0.1, -0.05) is 35.0 Å². The smallest absolute Gasteiger partial charge is 0.264 e. The molecule has 0 bridgehead atoms. The summed E-state index contributed by atoms with van der Waals surface area (Å²) in [7, 11) is 4.04. The average molecular weight is 234 g/mol. The number of hydrogen-bond acceptors (Lipinski definition) is 3. The van der Waals surface area contributed by atoms with E-state index in [1.807, 2.05) is 25.1 Å². The van der Waals surface area contributed by atoms with Gasteiger partial charge in [0, 0.05) is 31.7 Å². The van der Waals surface area contributed by atoms with Gasteiger partial charge in [0.05, 0.1) is 0 Å². The van der Waals surface area contributed by atoms with E-state index >= 15 is 0 Å². The Kier molecular flexibility index (Phi) is 3.19. The van der Waals surface area contributed by atoms with Crippen molar-refractivity contribution in [1.29, 1.82) is 0 Å². The molecule has 84 valence electrons. The van der Waals surface area contributed by atoms with Crippen molar-refractivity contribution < 1.29 is 4.68 Å². The molecule has 0 atom stereocenters. The molecule has 2 rings (SSSR count). The predicted octanol–water partition coefficient (Wildman–Crippen LogP) is 1.85. The van der Waals surface area contributed by atoms with Gasteiger partial charge in [0.2, 0.25) is 6.54 Å². The Hall–Kier alpha value is -1.42. The van der Waals surface area contributed by atoms with Crippen LogP contribution in [-0.4, -0.2) is 19.2 Å². The van der Waals surface area contributed by atoms with Crippen LogP contribution in [0.15, 0.2) is 30.3 Å². The van der Waals surface area contributed by atoms with Crippen molar-refractivity contribution in [3.05, 3.63) is 40.9 Å². The quantitative estimate of drug-likeness (QED) is 0.755. The van der Waals surface area contributed by atoms with E-state index in [2.05, 4.69) is 41.0 Å². The van der Waals surface area contributed by atoms with Crippen molar-refractivity contribution in [3.63, 3.8) is 0 Å². The lowest BCUT2D eigenvalue weighted by molar-refractivity contribution is -0.745. The molecule has 1 heterocycles. The molecule has 0 saturated carbocycles. The zero-order chi connectivity index (χ0) is 11.5. The average Bonchev–Trinajstić information content (AvgIpc) is 2.62. The second-order valence-electron chi connectivity index (χ2n) is 3.94. The molecule has 0 aliphatic carbocycles. The minimum atomic E-state index is 0.844. The largest absolute Gasteiger partial charge is 0.349 e. The monoisotopic (exact) mass is 234 g/mol. The van der Waals surface area contributed by atoms with Crippen LogP contribution in [0.3, 0.4) is 0 Å². The first kappa shape index (κ1) is 11.1. The first-order chi connectivity index (χ1) is 7.66. The zero-order valence-corrected chi connectivity index (χ0v) is 10.7. The summed E-state index contributed by atoms with van der Waals surface area (Å²) in [5.41, 5.74) is 1.28. The van der Waals surface area contributed by atoms with E-state index < -0.39 is 0 Å². The summed E-state index contributed by atoms with van der Waals surface area (Å²) in [6.45, 7) is 2.95. The number of anilines is 1. The summed E-state index contributed by atoms with van der Waals surface area (Å²) in [4.78, 5) is 2.04. The zero-order valence-electron chi connectivity index (χ0n) is 9.84. The molecule has 2 aromatic rings. The van der Waals surface area contributed by atoms with Gasteiger partial charge in [0.25, 0.3) is 10.1 Å². The lowest BCUT2D eigenvalue weighted by atomic mass is 10.2. The second-order valence-corrected chi connectivity index (χ2v) is 5.10. The fraction of sp³-hybridized carbons (Fsp3) is 0.333. The molecule has 1 aromatic carbocycles. The number of nitrogens with zero attached hydrogens (tertiary/aromatic N) is 3. The summed E-state index contributed by atoms with van der Waals surface area (Å²) in [5.74, 6) is 0. The van der Waals surface area contributed by atoms with Crippen LogP contribution in [0.25, 0.3) is 0 Å². The van der Waals surface area contributed by atoms with Gasteiger partial charge >= 0.3 is 0 Å². The van der Waals surface area contributed by atoms with Crippen LogP contribution in [0.2, 0.25) is 0 Å². The van der Waals surface area contributed by atoms with E-state index in [1.165, 1.54) is 10.6 Å². The Labute approximate surface area is 100.0 Å². The maximum Gasteiger partial charge on any atom is 0.264 e. The van der Waals surface area contributed by atoms with E-state index in [4.69, 9.17) is 0 Å². The highest BCUT2D eigenvalue weighted by Crippen LogP contribution is 2.15. The van der Waals surface area contributed by atoms with Gasteiger partial charge in [-0.05, 0) is 11.3 Å². The first-order valence-corrected chi connectivity index (χ1v) is 6.07. The van der Waals surface area contributed by atoms with Crippen LogP contribution in [0.1, 0.15) is 10.6 Å². The second kappa shape index (κ2) is 4.61. The Bertz CT molecular complexity index is 462. The fourth-order valence-electron chi connectivity index (χ4n) is 1.46. The molecule has 0 saturated heterocycles. The Balaban J connectivity index is 2.22. The Morgan fingerprint density at radius 1 is 1.25 bits per heavy atom. The van der Waals surface area contributed by atoms with E-state index in [0.717, 1.165) is 11.7 Å². The molecule has 1 aromatic heterocycles. The molecule has 0 N–H and O–H groups in total. The third-order valence-electron chi connectivity index (χ3n) is 2.37. The van der Waals surface area contributed by atoms with Crippen molar-refractivity contribution in [1.82, 2.24) is 5.10 Å². The van der Waals surface area contributed by atoms with Crippen molar-refractivity contribution in [2.45, 2.75) is 13.5 Å². The highest BCUT2D eigenvalue weighted by molar-refractivity contribution is 7.14. The molecule has 4 heteroatoms. The molecule has 0 unspecified atom stereocenters. The minimum absolute atomic E-state index is 0.844. The van der Waals surface area contributed by atoms with Crippen molar-refractivity contribution in [2.24, 2.45) is 0 Å². The molecular weight excluding hydrogens is 218 g/mol. The number of hydrogen-bond donors (Lipinski definition) is 0. The molecule has 3 nitrogen and oxygen atoms in total. The van der Waals surface area contributed by atoms with E-state index in [0.29, 0.717) is 0 Å². The standard InChI is InChI=1S/C12H16N3S/c1-10-15(13-12(16-10)14(2)3)9-11-7-5-4-6-8-11/h4-8H,9H2,1-3H3/q+1. The molecule has 0 radical (unpaired) electrons. The van der Waals surface area contributed by atoms with Crippen LogP contribution >= 0.6 is 11.3 Å². The van der Waals surface area contributed by atoms with E-state index in [9.17, 15) is 0 Å². The van der Waals surface area contributed by atoms with Crippen LogP contribution < -0.4 is 9.58 Å². The van der Waals surface area contributed by atoms with Gasteiger partial charge in [0.1, 0.15) is 0 Å². The van der Waals surface area contributed by atoms with Gasteiger partial charge in [-0.15, -0.1) is 0 Å². The summed E-state index contributed by atoms with van der Waals surface area (Å²) < 4.78 is 2.05. The highest BCUT2D eigenvalue weighted by atomic mass is 32.1. The van der Waals surface area contributed by atoms with Gasteiger partial charge in [0.15, 0.2) is 0 Å². The molecule has 0 fully saturated rings.